The van der Waals surface area contributed by atoms with E-state index >= 15 is 0 Å². The van der Waals surface area contributed by atoms with Crippen molar-refractivity contribution < 1.29 is 5.11 Å². The van der Waals surface area contributed by atoms with E-state index in [4.69, 9.17) is 0 Å². The van der Waals surface area contributed by atoms with Gasteiger partial charge in [-0.1, -0.05) is 36.4 Å². The Morgan fingerprint density at radius 1 is 1.10 bits per heavy atom. The molecule has 2 nitrogen and oxygen atoms in total. The number of hydrogen-bond donors (Lipinski definition) is 2. The van der Waals surface area contributed by atoms with Gasteiger partial charge in [0.05, 0.1) is 6.04 Å². The van der Waals surface area contributed by atoms with Crippen molar-refractivity contribution in [2.24, 2.45) is 5.92 Å². The van der Waals surface area contributed by atoms with E-state index < -0.39 is 0 Å². The minimum atomic E-state index is 0.336. The molecule has 0 aromatic heterocycles. The van der Waals surface area contributed by atoms with Gasteiger partial charge < -0.3 is 10.4 Å². The number of rotatable bonds is 1. The van der Waals surface area contributed by atoms with Crippen molar-refractivity contribution in [3.05, 3.63) is 71.3 Å². The second-order valence-corrected chi connectivity index (χ2v) is 6.10. The van der Waals surface area contributed by atoms with Gasteiger partial charge in [-0.15, -0.1) is 0 Å². The second kappa shape index (κ2) is 4.66. The number of allylic oxidation sites excluding steroid dienone is 2. The third kappa shape index (κ3) is 1.94. The molecule has 1 heterocycles. The highest BCUT2D eigenvalue weighted by atomic mass is 16.3. The van der Waals surface area contributed by atoms with Crippen molar-refractivity contribution >= 4 is 5.69 Å². The maximum Gasteiger partial charge on any atom is 0.116 e. The number of aryl methyl sites for hydroxylation is 1. The Morgan fingerprint density at radius 2 is 1.95 bits per heavy atom. The van der Waals surface area contributed by atoms with E-state index in [0.717, 1.165) is 12.1 Å². The molecule has 2 aromatic carbocycles. The van der Waals surface area contributed by atoms with Crippen molar-refractivity contribution in [2.45, 2.75) is 25.3 Å². The molecule has 0 fully saturated rings. The first-order chi connectivity index (χ1) is 10.2. The van der Waals surface area contributed by atoms with Crippen LogP contribution in [0.2, 0.25) is 0 Å². The van der Waals surface area contributed by atoms with Crippen LogP contribution in [0.3, 0.4) is 0 Å². The van der Waals surface area contributed by atoms with Gasteiger partial charge in [0.15, 0.2) is 0 Å². The van der Waals surface area contributed by atoms with Gasteiger partial charge in [0.1, 0.15) is 5.75 Å². The molecule has 0 saturated carbocycles. The van der Waals surface area contributed by atoms with Crippen molar-refractivity contribution in [3.8, 4) is 5.75 Å². The number of phenols is 1. The molecule has 1 aliphatic heterocycles. The summed E-state index contributed by atoms with van der Waals surface area (Å²) in [6.45, 7) is 2.18. The lowest BCUT2D eigenvalue weighted by Gasteiger charge is -2.38. The van der Waals surface area contributed by atoms with E-state index in [9.17, 15) is 5.11 Å². The minimum absolute atomic E-state index is 0.336. The Labute approximate surface area is 125 Å². The van der Waals surface area contributed by atoms with Crippen LogP contribution in [0.25, 0.3) is 0 Å². The lowest BCUT2D eigenvalue weighted by molar-refractivity contribution is 0.420. The molecule has 4 rings (SSSR count). The van der Waals surface area contributed by atoms with Gasteiger partial charge in [-0.3, -0.25) is 0 Å². The fourth-order valence-electron chi connectivity index (χ4n) is 3.83. The number of benzene rings is 2. The molecular weight excluding hydrogens is 258 g/mol. The second-order valence-electron chi connectivity index (χ2n) is 6.10. The standard InChI is InChI=1S/C19H19NO/c1-12-5-2-3-6-14(12)19-16-8-4-7-15(16)17-11-13(21)9-10-18(17)20-19/h2-7,9-11,15-16,19-21H,8H2,1H3. The van der Waals surface area contributed by atoms with Crippen LogP contribution in [0.15, 0.2) is 54.6 Å². The number of fused-ring (bicyclic) bond motifs is 3. The number of hydrogen-bond acceptors (Lipinski definition) is 2. The number of aromatic hydroxyl groups is 1. The summed E-state index contributed by atoms with van der Waals surface area (Å²) in [5.41, 5.74) is 5.09. The lowest BCUT2D eigenvalue weighted by atomic mass is 9.76. The molecular formula is C19H19NO. The van der Waals surface area contributed by atoms with E-state index in [2.05, 4.69) is 48.7 Å². The molecule has 3 unspecified atom stereocenters. The Morgan fingerprint density at radius 3 is 2.81 bits per heavy atom. The molecule has 2 N–H and O–H groups in total. The summed E-state index contributed by atoms with van der Waals surface area (Å²) in [6, 6.07) is 14.6. The number of phenolic OH excluding ortho intramolecular Hbond substituents is 1. The summed E-state index contributed by atoms with van der Waals surface area (Å²) in [4.78, 5) is 0. The van der Waals surface area contributed by atoms with Crippen LogP contribution < -0.4 is 5.32 Å². The van der Waals surface area contributed by atoms with Gasteiger partial charge in [-0.05, 0) is 54.2 Å². The van der Waals surface area contributed by atoms with Gasteiger partial charge in [-0.2, -0.15) is 0 Å². The predicted molar refractivity (Wildman–Crippen MR) is 85.6 cm³/mol. The lowest BCUT2D eigenvalue weighted by Crippen LogP contribution is -2.29. The Kier molecular flexibility index (Phi) is 2.78. The van der Waals surface area contributed by atoms with Crippen molar-refractivity contribution in [2.75, 3.05) is 5.32 Å². The van der Waals surface area contributed by atoms with Crippen LogP contribution in [0.5, 0.6) is 5.75 Å². The van der Waals surface area contributed by atoms with Crippen molar-refractivity contribution in [1.29, 1.82) is 0 Å². The summed E-state index contributed by atoms with van der Waals surface area (Å²) >= 11 is 0. The normalized spacial score (nSPS) is 26.0. The molecule has 2 aliphatic rings. The van der Waals surface area contributed by atoms with Crippen molar-refractivity contribution in [3.63, 3.8) is 0 Å². The van der Waals surface area contributed by atoms with Gasteiger partial charge in [-0.25, -0.2) is 0 Å². The minimum Gasteiger partial charge on any atom is -0.508 e. The monoisotopic (exact) mass is 277 g/mol. The molecule has 0 spiro atoms. The topological polar surface area (TPSA) is 32.3 Å². The zero-order valence-corrected chi connectivity index (χ0v) is 12.1. The number of anilines is 1. The van der Waals surface area contributed by atoms with E-state index in [-0.39, 0.29) is 0 Å². The van der Waals surface area contributed by atoms with Crippen molar-refractivity contribution in [1.82, 2.24) is 0 Å². The number of nitrogens with one attached hydrogen (secondary N) is 1. The predicted octanol–water partition coefficient (Wildman–Crippen LogP) is 4.53. The first-order valence-corrected chi connectivity index (χ1v) is 7.55. The quantitative estimate of drug-likeness (QED) is 0.593. The van der Waals surface area contributed by atoms with Crippen LogP contribution in [0, 0.1) is 12.8 Å². The fourth-order valence-corrected chi connectivity index (χ4v) is 3.83. The molecule has 1 aliphatic carbocycles. The van der Waals surface area contributed by atoms with Gasteiger partial charge >= 0.3 is 0 Å². The zero-order chi connectivity index (χ0) is 14.4. The summed E-state index contributed by atoms with van der Waals surface area (Å²) < 4.78 is 0. The smallest absolute Gasteiger partial charge is 0.116 e. The van der Waals surface area contributed by atoms with Crippen LogP contribution in [0.1, 0.15) is 35.1 Å². The first-order valence-electron chi connectivity index (χ1n) is 7.55. The average molecular weight is 277 g/mol. The van der Waals surface area contributed by atoms with Gasteiger partial charge in [0.2, 0.25) is 0 Å². The largest absolute Gasteiger partial charge is 0.508 e. The van der Waals surface area contributed by atoms with Crippen LogP contribution in [-0.4, -0.2) is 5.11 Å². The van der Waals surface area contributed by atoms with E-state index in [0.29, 0.717) is 23.6 Å². The third-order valence-electron chi connectivity index (χ3n) is 4.87. The highest BCUT2D eigenvalue weighted by Crippen LogP contribution is 2.50. The van der Waals surface area contributed by atoms with E-state index in [1.165, 1.54) is 16.7 Å². The molecule has 0 amide bonds. The Hall–Kier alpha value is -2.22. The van der Waals surface area contributed by atoms with E-state index in [1.54, 1.807) is 6.07 Å². The fraction of sp³-hybridized carbons (Fsp3) is 0.263. The molecule has 21 heavy (non-hydrogen) atoms. The molecule has 0 saturated heterocycles. The Balaban J connectivity index is 1.82. The maximum absolute atomic E-state index is 9.78. The van der Waals surface area contributed by atoms with Gasteiger partial charge in [0.25, 0.3) is 0 Å². The van der Waals surface area contributed by atoms with Gasteiger partial charge in [0, 0.05) is 11.6 Å². The molecule has 0 bridgehead atoms. The van der Waals surface area contributed by atoms with Crippen LogP contribution in [-0.2, 0) is 0 Å². The summed E-state index contributed by atoms with van der Waals surface area (Å²) in [6.07, 6.45) is 5.67. The highest BCUT2D eigenvalue weighted by molar-refractivity contribution is 5.61. The third-order valence-corrected chi connectivity index (χ3v) is 4.87. The Bertz CT molecular complexity index is 719. The maximum atomic E-state index is 9.78. The van der Waals surface area contributed by atoms with Crippen LogP contribution in [0.4, 0.5) is 5.69 Å². The zero-order valence-electron chi connectivity index (χ0n) is 12.1. The van der Waals surface area contributed by atoms with Crippen LogP contribution >= 0.6 is 0 Å². The average Bonchev–Trinajstić information content (AvgIpc) is 2.97. The SMILES string of the molecule is Cc1ccccc1C1Nc2ccc(O)cc2C2C=CCC21. The summed E-state index contributed by atoms with van der Waals surface area (Å²) in [7, 11) is 0. The first kappa shape index (κ1) is 12.5. The molecule has 2 heteroatoms. The summed E-state index contributed by atoms with van der Waals surface area (Å²) in [5.74, 6) is 1.28. The summed E-state index contributed by atoms with van der Waals surface area (Å²) in [5, 5.41) is 13.5. The molecule has 0 radical (unpaired) electrons. The highest BCUT2D eigenvalue weighted by Gasteiger charge is 2.38. The van der Waals surface area contributed by atoms with E-state index in [1.807, 2.05) is 12.1 Å². The molecule has 2 aromatic rings. The molecule has 106 valence electrons. The molecule has 3 atom stereocenters.